The van der Waals surface area contributed by atoms with E-state index in [4.69, 9.17) is 0 Å². The molecular formula is C13H15N3O. The number of pyridine rings is 1. The molecule has 4 nitrogen and oxygen atoms in total. The van der Waals surface area contributed by atoms with Gasteiger partial charge in [-0.15, -0.1) is 0 Å². The molecule has 0 spiro atoms. The Bertz CT molecular complexity index is 520. The number of carbonyl (C=O) groups excluding carboxylic acids is 1. The Balaban J connectivity index is 2.21. The third kappa shape index (κ3) is 2.72. The highest BCUT2D eigenvalue weighted by Crippen LogP contribution is 2.20. The topological polar surface area (TPSA) is 54.0 Å². The minimum Gasteiger partial charge on any atom is -0.338 e. The molecule has 0 aliphatic rings. The summed E-state index contributed by atoms with van der Waals surface area (Å²) in [6.45, 7) is 2.69. The first-order valence-corrected chi connectivity index (χ1v) is 5.70. The van der Waals surface area contributed by atoms with Gasteiger partial charge >= 0.3 is 6.03 Å². The van der Waals surface area contributed by atoms with Crippen LogP contribution in [0.15, 0.2) is 36.5 Å². The van der Waals surface area contributed by atoms with Crippen molar-refractivity contribution in [2.24, 2.45) is 0 Å². The summed E-state index contributed by atoms with van der Waals surface area (Å²) in [5.74, 6) is 0. The molecule has 2 N–H and O–H groups in total. The zero-order valence-corrected chi connectivity index (χ0v) is 9.73. The van der Waals surface area contributed by atoms with Gasteiger partial charge in [0, 0.05) is 18.1 Å². The second-order valence-electron chi connectivity index (χ2n) is 3.76. The Labute approximate surface area is 100 Å². The van der Waals surface area contributed by atoms with E-state index in [0.29, 0.717) is 6.54 Å². The standard InChI is InChI=1S/C13H15N3O/c1-2-8-15-13(17)16-12-7-3-6-11-10(12)5-4-9-14-11/h3-7,9H,2,8H2,1H3,(H2,15,16,17). The van der Waals surface area contributed by atoms with E-state index in [0.717, 1.165) is 23.0 Å². The van der Waals surface area contributed by atoms with Crippen LogP contribution in [-0.2, 0) is 0 Å². The fraction of sp³-hybridized carbons (Fsp3) is 0.231. The van der Waals surface area contributed by atoms with Crippen LogP contribution in [0.2, 0.25) is 0 Å². The molecule has 88 valence electrons. The van der Waals surface area contributed by atoms with E-state index >= 15 is 0 Å². The number of amides is 2. The summed E-state index contributed by atoms with van der Waals surface area (Å²) in [6, 6.07) is 9.29. The lowest BCUT2D eigenvalue weighted by molar-refractivity contribution is 0.252. The maximum absolute atomic E-state index is 11.6. The monoisotopic (exact) mass is 229 g/mol. The van der Waals surface area contributed by atoms with Crippen molar-refractivity contribution in [1.82, 2.24) is 10.3 Å². The van der Waals surface area contributed by atoms with E-state index in [1.54, 1.807) is 6.20 Å². The number of hydrogen-bond acceptors (Lipinski definition) is 2. The van der Waals surface area contributed by atoms with Gasteiger partial charge in [-0.25, -0.2) is 4.79 Å². The molecule has 0 fully saturated rings. The van der Waals surface area contributed by atoms with Crippen molar-refractivity contribution in [3.63, 3.8) is 0 Å². The quantitative estimate of drug-likeness (QED) is 0.850. The lowest BCUT2D eigenvalue weighted by Crippen LogP contribution is -2.29. The summed E-state index contributed by atoms with van der Waals surface area (Å²) in [5.41, 5.74) is 1.66. The molecule has 0 saturated heterocycles. The predicted molar refractivity (Wildman–Crippen MR) is 69.1 cm³/mol. The van der Waals surface area contributed by atoms with E-state index in [2.05, 4.69) is 15.6 Å². The maximum atomic E-state index is 11.6. The highest BCUT2D eigenvalue weighted by molar-refractivity contribution is 6.00. The maximum Gasteiger partial charge on any atom is 0.319 e. The zero-order chi connectivity index (χ0) is 12.1. The van der Waals surface area contributed by atoms with E-state index in [1.807, 2.05) is 37.3 Å². The van der Waals surface area contributed by atoms with Crippen molar-refractivity contribution in [3.8, 4) is 0 Å². The van der Waals surface area contributed by atoms with Gasteiger partial charge < -0.3 is 10.6 Å². The van der Waals surface area contributed by atoms with Crippen LogP contribution in [-0.4, -0.2) is 17.6 Å². The van der Waals surface area contributed by atoms with Crippen LogP contribution < -0.4 is 10.6 Å². The van der Waals surface area contributed by atoms with Gasteiger partial charge in [0.05, 0.1) is 11.2 Å². The van der Waals surface area contributed by atoms with Crippen molar-refractivity contribution in [2.75, 3.05) is 11.9 Å². The van der Waals surface area contributed by atoms with Crippen LogP contribution in [0.5, 0.6) is 0 Å². The van der Waals surface area contributed by atoms with Crippen LogP contribution in [0, 0.1) is 0 Å². The number of aromatic nitrogens is 1. The number of benzene rings is 1. The van der Waals surface area contributed by atoms with Gasteiger partial charge in [-0.05, 0) is 30.7 Å². The second-order valence-corrected chi connectivity index (χ2v) is 3.76. The molecule has 17 heavy (non-hydrogen) atoms. The second kappa shape index (κ2) is 5.30. The van der Waals surface area contributed by atoms with Gasteiger partial charge in [0.25, 0.3) is 0 Å². The number of fused-ring (bicyclic) bond motifs is 1. The molecule has 0 bridgehead atoms. The van der Waals surface area contributed by atoms with Crippen molar-refractivity contribution < 1.29 is 4.79 Å². The van der Waals surface area contributed by atoms with Crippen molar-refractivity contribution >= 4 is 22.6 Å². The van der Waals surface area contributed by atoms with Gasteiger partial charge in [-0.3, -0.25) is 4.98 Å². The van der Waals surface area contributed by atoms with Crippen LogP contribution >= 0.6 is 0 Å². The number of carbonyl (C=O) groups is 1. The SMILES string of the molecule is CCCNC(=O)Nc1cccc2ncccc12. The first-order valence-electron chi connectivity index (χ1n) is 5.70. The molecule has 2 aromatic rings. The highest BCUT2D eigenvalue weighted by atomic mass is 16.2. The molecule has 4 heteroatoms. The smallest absolute Gasteiger partial charge is 0.319 e. The molecule has 0 aliphatic carbocycles. The van der Waals surface area contributed by atoms with Gasteiger partial charge in [-0.2, -0.15) is 0 Å². The van der Waals surface area contributed by atoms with E-state index < -0.39 is 0 Å². The normalized spacial score (nSPS) is 10.2. The Morgan fingerprint density at radius 1 is 1.29 bits per heavy atom. The molecule has 2 amide bonds. The predicted octanol–water partition coefficient (Wildman–Crippen LogP) is 2.77. The number of anilines is 1. The molecule has 0 unspecified atom stereocenters. The zero-order valence-electron chi connectivity index (χ0n) is 9.73. The molecule has 0 saturated carbocycles. The van der Waals surface area contributed by atoms with Crippen molar-refractivity contribution in [1.29, 1.82) is 0 Å². The molecule has 0 radical (unpaired) electrons. The number of nitrogens with one attached hydrogen (secondary N) is 2. The van der Waals surface area contributed by atoms with E-state index in [1.165, 1.54) is 0 Å². The first-order chi connectivity index (χ1) is 8.31. The minimum atomic E-state index is -0.178. The Hall–Kier alpha value is -2.10. The average Bonchev–Trinajstić information content (AvgIpc) is 2.37. The van der Waals surface area contributed by atoms with Crippen LogP contribution in [0.4, 0.5) is 10.5 Å². The minimum absolute atomic E-state index is 0.178. The first kappa shape index (κ1) is 11.4. The molecule has 1 heterocycles. The molecule has 1 aromatic carbocycles. The summed E-state index contributed by atoms with van der Waals surface area (Å²) < 4.78 is 0. The average molecular weight is 229 g/mol. The van der Waals surface area contributed by atoms with Crippen molar-refractivity contribution in [3.05, 3.63) is 36.5 Å². The Morgan fingerprint density at radius 3 is 3.00 bits per heavy atom. The van der Waals surface area contributed by atoms with Crippen LogP contribution in [0.3, 0.4) is 0 Å². The molecule has 0 atom stereocenters. The van der Waals surface area contributed by atoms with Crippen LogP contribution in [0.25, 0.3) is 10.9 Å². The molecule has 0 aliphatic heterocycles. The fourth-order valence-electron chi connectivity index (χ4n) is 1.62. The van der Waals surface area contributed by atoms with Gasteiger partial charge in [0.15, 0.2) is 0 Å². The summed E-state index contributed by atoms with van der Waals surface area (Å²) >= 11 is 0. The third-order valence-electron chi connectivity index (χ3n) is 2.43. The fourth-order valence-corrected chi connectivity index (χ4v) is 1.62. The summed E-state index contributed by atoms with van der Waals surface area (Å²) in [5, 5.41) is 6.55. The number of rotatable bonds is 3. The van der Waals surface area contributed by atoms with Gasteiger partial charge in [0.2, 0.25) is 0 Å². The summed E-state index contributed by atoms with van der Waals surface area (Å²) in [4.78, 5) is 15.8. The van der Waals surface area contributed by atoms with Crippen LogP contribution in [0.1, 0.15) is 13.3 Å². The summed E-state index contributed by atoms with van der Waals surface area (Å²) in [7, 11) is 0. The highest BCUT2D eigenvalue weighted by Gasteiger charge is 2.04. The molecular weight excluding hydrogens is 214 g/mol. The number of nitrogens with zero attached hydrogens (tertiary/aromatic N) is 1. The third-order valence-corrected chi connectivity index (χ3v) is 2.43. The Morgan fingerprint density at radius 2 is 2.18 bits per heavy atom. The number of hydrogen-bond donors (Lipinski definition) is 2. The largest absolute Gasteiger partial charge is 0.338 e. The van der Waals surface area contributed by atoms with E-state index in [-0.39, 0.29) is 6.03 Å². The lowest BCUT2D eigenvalue weighted by atomic mass is 10.2. The Kier molecular flexibility index (Phi) is 3.55. The lowest BCUT2D eigenvalue weighted by Gasteiger charge is -2.08. The molecule has 2 rings (SSSR count). The van der Waals surface area contributed by atoms with Gasteiger partial charge in [0.1, 0.15) is 0 Å². The van der Waals surface area contributed by atoms with Crippen molar-refractivity contribution in [2.45, 2.75) is 13.3 Å². The van der Waals surface area contributed by atoms with E-state index in [9.17, 15) is 4.79 Å². The van der Waals surface area contributed by atoms with Gasteiger partial charge in [-0.1, -0.05) is 13.0 Å². The molecule has 1 aromatic heterocycles. The summed E-state index contributed by atoms with van der Waals surface area (Å²) in [6.07, 6.45) is 2.66. The number of urea groups is 1.